The molecular formula is C2HClO2. The van der Waals surface area contributed by atoms with E-state index in [1.807, 2.05) is 0 Å². The monoisotopic (exact) mass is 92.0 g/mol. The zero-order chi connectivity index (χ0) is 4.28. The van der Waals surface area contributed by atoms with Crippen LogP contribution in [-0.2, 0) is 9.59 Å². The Morgan fingerprint density at radius 3 is 2.00 bits per heavy atom. The molecule has 28 valence electrons. The Hall–Kier alpha value is -0.370. The van der Waals surface area contributed by atoms with Gasteiger partial charge in [-0.05, 0) is 11.6 Å². The van der Waals surface area contributed by atoms with Crippen molar-refractivity contribution in [2.75, 3.05) is 0 Å². The molecule has 3 heteroatoms. The highest BCUT2D eigenvalue weighted by atomic mass is 35.5. The maximum atomic E-state index is 9.21. The summed E-state index contributed by atoms with van der Waals surface area (Å²) >= 11 is 4.46. The Balaban J connectivity index is 3.20. The molecule has 0 saturated heterocycles. The number of aldehydes is 1. The Morgan fingerprint density at radius 1 is 1.80 bits per heavy atom. The van der Waals surface area contributed by atoms with Crippen molar-refractivity contribution in [2.24, 2.45) is 0 Å². The number of carbonyl (C=O) groups is 2. The van der Waals surface area contributed by atoms with Crippen LogP contribution in [0.5, 0.6) is 0 Å². The maximum Gasteiger partial charge on any atom is 0.284 e. The van der Waals surface area contributed by atoms with E-state index in [9.17, 15) is 4.79 Å². The van der Waals surface area contributed by atoms with Gasteiger partial charge in [-0.2, -0.15) is 0 Å². The largest absolute Gasteiger partial charge is 0.293 e. The fourth-order valence-corrected chi connectivity index (χ4v) is 0. The van der Waals surface area contributed by atoms with Gasteiger partial charge >= 0.3 is 0 Å². The topological polar surface area (TPSA) is 34.1 Å². The van der Waals surface area contributed by atoms with Crippen LogP contribution in [0.2, 0.25) is 0 Å². The quantitative estimate of drug-likeness (QED) is 0.258. The normalized spacial score (nSPS) is 6.60. The van der Waals surface area contributed by atoms with Crippen LogP contribution in [0.15, 0.2) is 0 Å². The van der Waals surface area contributed by atoms with Crippen LogP contribution in [0.4, 0.5) is 0 Å². The van der Waals surface area contributed by atoms with Crippen LogP contribution in [0, 0.1) is 0 Å². The molecule has 0 aromatic carbocycles. The van der Waals surface area contributed by atoms with Gasteiger partial charge in [0, 0.05) is 0 Å². The highest BCUT2D eigenvalue weighted by Crippen LogP contribution is 1.65. The third-order valence-corrected chi connectivity index (χ3v) is 0.182. The van der Waals surface area contributed by atoms with Crippen molar-refractivity contribution >= 4 is 23.1 Å². The van der Waals surface area contributed by atoms with Gasteiger partial charge in [-0.3, -0.25) is 9.59 Å². The van der Waals surface area contributed by atoms with Crippen molar-refractivity contribution in [1.82, 2.24) is 0 Å². The maximum absolute atomic E-state index is 9.21. The van der Waals surface area contributed by atoms with Crippen LogP contribution in [-0.4, -0.2) is 11.5 Å². The number of halogens is 1. The van der Waals surface area contributed by atoms with Gasteiger partial charge in [-0.15, -0.1) is 0 Å². The van der Waals surface area contributed by atoms with Gasteiger partial charge in [0.1, 0.15) is 0 Å². The number of carbonyl (C=O) groups excluding carboxylic acids is 2. The third kappa shape index (κ3) is 3.63. The second kappa shape index (κ2) is 1.91. The lowest BCUT2D eigenvalue weighted by atomic mass is 10.9. The van der Waals surface area contributed by atoms with Gasteiger partial charge in [0.15, 0.2) is 0 Å². The molecule has 0 unspecified atom stereocenters. The summed E-state index contributed by atoms with van der Waals surface area (Å²) in [5.74, 6) is 0. The van der Waals surface area contributed by atoms with Crippen molar-refractivity contribution in [3.05, 3.63) is 0 Å². The van der Waals surface area contributed by atoms with Gasteiger partial charge in [0.25, 0.3) is 5.24 Å². The first-order valence-electron chi connectivity index (χ1n) is 0.917. The smallest absolute Gasteiger partial charge is 0.284 e. The minimum absolute atomic E-state index is 0.0432. The van der Waals surface area contributed by atoms with E-state index in [1.54, 1.807) is 0 Å². The molecule has 0 aliphatic rings. The molecule has 0 spiro atoms. The summed E-state index contributed by atoms with van der Waals surface area (Å²) in [7, 11) is 0. The highest BCUT2D eigenvalue weighted by Gasteiger charge is 1.80. The third-order valence-electron chi connectivity index (χ3n) is 0.0927. The molecule has 0 N–H and O–H groups in total. The first kappa shape index (κ1) is 4.63. The van der Waals surface area contributed by atoms with Crippen LogP contribution in [0.3, 0.4) is 0 Å². The zero-order valence-corrected chi connectivity index (χ0v) is 3.03. The Labute approximate surface area is 33.7 Å². The molecule has 0 bridgehead atoms. The summed E-state index contributed by atoms with van der Waals surface area (Å²) in [6, 6.07) is 0. The van der Waals surface area contributed by atoms with Crippen LogP contribution >= 0.6 is 11.6 Å². The zero-order valence-electron chi connectivity index (χ0n) is 2.27. The summed E-state index contributed by atoms with van der Waals surface area (Å²) in [6.07, 6.45) is 0.0432. The lowest BCUT2D eigenvalue weighted by molar-refractivity contribution is -0.124. The molecule has 0 amide bonds. The number of rotatable bonds is 1. The van der Waals surface area contributed by atoms with Crippen molar-refractivity contribution in [1.29, 1.82) is 0 Å². The van der Waals surface area contributed by atoms with Crippen molar-refractivity contribution in [3.63, 3.8) is 0 Å². The second-order valence-electron chi connectivity index (χ2n) is 0.422. The standard InChI is InChI=1S/C2HClO2/c3-2(5)1-4/h1H. The molecule has 0 aliphatic carbocycles. The molecule has 5 heavy (non-hydrogen) atoms. The highest BCUT2D eigenvalue weighted by molar-refractivity contribution is 6.77. The van der Waals surface area contributed by atoms with E-state index < -0.39 is 5.24 Å². The summed E-state index contributed by atoms with van der Waals surface area (Å²) in [4.78, 5) is 18.2. The Bertz CT molecular complexity index is 58.7. The molecule has 0 saturated carbocycles. The number of hydrogen-bond donors (Lipinski definition) is 0. The van der Waals surface area contributed by atoms with Gasteiger partial charge < -0.3 is 0 Å². The van der Waals surface area contributed by atoms with Gasteiger partial charge in [-0.1, -0.05) is 0 Å². The molecular weight excluding hydrogens is 91.5 g/mol. The number of hydrogen-bond acceptors (Lipinski definition) is 2. The fraction of sp³-hybridized carbons (Fsp3) is 0. The van der Waals surface area contributed by atoms with Gasteiger partial charge in [-0.25, -0.2) is 0 Å². The lowest BCUT2D eigenvalue weighted by Crippen LogP contribution is -1.80. The molecule has 0 aromatic rings. The predicted molar refractivity (Wildman–Crippen MR) is 16.9 cm³/mol. The molecule has 0 aliphatic heterocycles. The van der Waals surface area contributed by atoms with Gasteiger partial charge in [0.05, 0.1) is 0 Å². The van der Waals surface area contributed by atoms with Crippen molar-refractivity contribution < 1.29 is 9.59 Å². The Morgan fingerprint density at radius 2 is 2.00 bits per heavy atom. The predicted octanol–water partition coefficient (Wildman–Crippen LogP) is -0.0493. The van der Waals surface area contributed by atoms with E-state index in [4.69, 9.17) is 4.79 Å². The van der Waals surface area contributed by atoms with Crippen molar-refractivity contribution in [3.8, 4) is 0 Å². The van der Waals surface area contributed by atoms with E-state index in [2.05, 4.69) is 11.6 Å². The van der Waals surface area contributed by atoms with Crippen LogP contribution in [0.25, 0.3) is 0 Å². The first-order valence-corrected chi connectivity index (χ1v) is 1.30. The van der Waals surface area contributed by atoms with E-state index in [1.165, 1.54) is 0 Å². The first-order chi connectivity index (χ1) is 2.27. The minimum atomic E-state index is -0.954. The van der Waals surface area contributed by atoms with E-state index in [0.717, 1.165) is 0 Å². The molecule has 0 fully saturated rings. The summed E-state index contributed by atoms with van der Waals surface area (Å²) in [6.45, 7) is 0. The summed E-state index contributed by atoms with van der Waals surface area (Å²) in [5, 5.41) is -0.954. The van der Waals surface area contributed by atoms with E-state index >= 15 is 0 Å². The average Bonchev–Trinajstić information content (AvgIpc) is 1.38. The Kier molecular flexibility index (Phi) is 1.76. The van der Waals surface area contributed by atoms with Crippen molar-refractivity contribution in [2.45, 2.75) is 0 Å². The molecule has 2 nitrogen and oxygen atoms in total. The summed E-state index contributed by atoms with van der Waals surface area (Å²) in [5.41, 5.74) is 0. The van der Waals surface area contributed by atoms with E-state index in [0.29, 0.717) is 0 Å². The molecule has 0 rings (SSSR count). The second-order valence-corrected chi connectivity index (χ2v) is 0.794. The molecule has 0 atom stereocenters. The van der Waals surface area contributed by atoms with Crippen LogP contribution in [0.1, 0.15) is 0 Å². The SMILES string of the molecule is O=CC(=O)Cl. The molecule has 0 radical (unpaired) electrons. The lowest BCUT2D eigenvalue weighted by Gasteiger charge is -1.53. The van der Waals surface area contributed by atoms with Crippen LogP contribution < -0.4 is 0 Å². The van der Waals surface area contributed by atoms with Gasteiger partial charge in [0.2, 0.25) is 6.29 Å². The minimum Gasteiger partial charge on any atom is -0.293 e. The molecule has 0 heterocycles. The molecule has 0 aromatic heterocycles. The average molecular weight is 92.5 g/mol. The summed E-state index contributed by atoms with van der Waals surface area (Å²) < 4.78 is 0. The van der Waals surface area contributed by atoms with E-state index in [-0.39, 0.29) is 6.29 Å². The fourth-order valence-electron chi connectivity index (χ4n) is 0.